The van der Waals surface area contributed by atoms with E-state index in [-0.39, 0.29) is 11.8 Å². The van der Waals surface area contributed by atoms with Crippen molar-refractivity contribution in [1.29, 1.82) is 0 Å². The Bertz CT molecular complexity index is 754. The first-order chi connectivity index (χ1) is 10.3. The van der Waals surface area contributed by atoms with Crippen molar-refractivity contribution in [3.63, 3.8) is 0 Å². The van der Waals surface area contributed by atoms with Crippen LogP contribution in [0, 0.1) is 0 Å². The summed E-state index contributed by atoms with van der Waals surface area (Å²) in [6.45, 7) is 1.52. The number of ketones is 1. The molecule has 1 atom stereocenters. The zero-order chi connectivity index (χ0) is 16.2. The number of nitrogens with one attached hydrogen (secondary N) is 1. The molecule has 2 aromatic rings. The molecule has 22 heavy (non-hydrogen) atoms. The SMILES string of the molecule is CC(=O)c1cccc(CC(NS(C)(=O)=O)c2ccccc2)c1. The van der Waals surface area contributed by atoms with Gasteiger partial charge in [-0.2, -0.15) is 0 Å². The van der Waals surface area contributed by atoms with Crippen molar-refractivity contribution in [2.75, 3.05) is 6.26 Å². The Labute approximate surface area is 131 Å². The zero-order valence-corrected chi connectivity index (χ0v) is 13.4. The summed E-state index contributed by atoms with van der Waals surface area (Å²) in [7, 11) is -3.33. The highest BCUT2D eigenvalue weighted by atomic mass is 32.2. The highest BCUT2D eigenvalue weighted by Crippen LogP contribution is 2.20. The van der Waals surface area contributed by atoms with Gasteiger partial charge in [-0.15, -0.1) is 0 Å². The second kappa shape index (κ2) is 6.85. The van der Waals surface area contributed by atoms with Crippen molar-refractivity contribution in [2.24, 2.45) is 0 Å². The Morgan fingerprint density at radius 3 is 2.36 bits per heavy atom. The fourth-order valence-corrected chi connectivity index (χ4v) is 3.06. The lowest BCUT2D eigenvalue weighted by Crippen LogP contribution is -2.29. The van der Waals surface area contributed by atoms with Crippen LogP contribution in [0.25, 0.3) is 0 Å². The van der Waals surface area contributed by atoms with E-state index in [0.29, 0.717) is 12.0 Å². The average Bonchev–Trinajstić information content (AvgIpc) is 2.46. The van der Waals surface area contributed by atoms with Gasteiger partial charge in [0.1, 0.15) is 0 Å². The maximum absolute atomic E-state index is 11.6. The van der Waals surface area contributed by atoms with E-state index in [1.165, 1.54) is 6.92 Å². The molecule has 0 aromatic heterocycles. The van der Waals surface area contributed by atoms with Crippen molar-refractivity contribution in [3.05, 3.63) is 71.3 Å². The maximum Gasteiger partial charge on any atom is 0.209 e. The number of rotatable bonds is 6. The van der Waals surface area contributed by atoms with Crippen molar-refractivity contribution in [1.82, 2.24) is 4.72 Å². The molecule has 0 aliphatic heterocycles. The minimum Gasteiger partial charge on any atom is -0.295 e. The van der Waals surface area contributed by atoms with Crippen molar-refractivity contribution in [2.45, 2.75) is 19.4 Å². The summed E-state index contributed by atoms with van der Waals surface area (Å²) in [5.41, 5.74) is 2.43. The van der Waals surface area contributed by atoms with Crippen LogP contribution >= 0.6 is 0 Å². The third-order valence-electron chi connectivity index (χ3n) is 3.33. The van der Waals surface area contributed by atoms with E-state index < -0.39 is 10.0 Å². The highest BCUT2D eigenvalue weighted by molar-refractivity contribution is 7.88. The molecular weight excluding hydrogens is 298 g/mol. The van der Waals surface area contributed by atoms with Gasteiger partial charge in [-0.1, -0.05) is 48.5 Å². The second-order valence-electron chi connectivity index (χ2n) is 5.31. The van der Waals surface area contributed by atoms with Gasteiger partial charge in [0.2, 0.25) is 10.0 Å². The van der Waals surface area contributed by atoms with Gasteiger partial charge in [0.05, 0.1) is 12.3 Å². The van der Waals surface area contributed by atoms with Gasteiger partial charge in [-0.3, -0.25) is 4.79 Å². The van der Waals surface area contributed by atoms with Crippen LogP contribution in [0.2, 0.25) is 0 Å². The first-order valence-electron chi connectivity index (χ1n) is 6.97. The number of sulfonamides is 1. The van der Waals surface area contributed by atoms with Crippen molar-refractivity contribution in [3.8, 4) is 0 Å². The molecule has 0 aliphatic rings. The Balaban J connectivity index is 2.30. The first kappa shape index (κ1) is 16.4. The molecule has 0 saturated heterocycles. The van der Waals surface area contributed by atoms with Gasteiger partial charge >= 0.3 is 0 Å². The Morgan fingerprint density at radius 2 is 1.77 bits per heavy atom. The Kier molecular flexibility index (Phi) is 5.11. The zero-order valence-electron chi connectivity index (χ0n) is 12.6. The molecule has 116 valence electrons. The van der Waals surface area contributed by atoms with Crippen molar-refractivity contribution >= 4 is 15.8 Å². The molecule has 4 nitrogen and oxygen atoms in total. The Morgan fingerprint density at radius 1 is 1.09 bits per heavy atom. The highest BCUT2D eigenvalue weighted by Gasteiger charge is 2.17. The predicted molar refractivity (Wildman–Crippen MR) is 87.3 cm³/mol. The molecule has 0 bridgehead atoms. The summed E-state index contributed by atoms with van der Waals surface area (Å²) >= 11 is 0. The van der Waals surface area contributed by atoms with Gasteiger partial charge < -0.3 is 0 Å². The quantitative estimate of drug-likeness (QED) is 0.833. The average molecular weight is 317 g/mol. The number of hydrogen-bond acceptors (Lipinski definition) is 3. The summed E-state index contributed by atoms with van der Waals surface area (Å²) in [6.07, 6.45) is 1.63. The van der Waals surface area contributed by atoms with Crippen LogP contribution in [0.1, 0.15) is 34.5 Å². The monoisotopic (exact) mass is 317 g/mol. The van der Waals surface area contributed by atoms with Gasteiger partial charge in [0.15, 0.2) is 5.78 Å². The van der Waals surface area contributed by atoms with E-state index in [2.05, 4.69) is 4.72 Å². The molecule has 0 aliphatic carbocycles. The normalized spacial score (nSPS) is 12.8. The summed E-state index contributed by atoms with van der Waals surface area (Å²) in [5.74, 6) is -0.00539. The van der Waals surface area contributed by atoms with Crippen LogP contribution in [-0.4, -0.2) is 20.5 Å². The van der Waals surface area contributed by atoms with E-state index in [1.807, 2.05) is 48.5 Å². The topological polar surface area (TPSA) is 63.2 Å². The summed E-state index contributed by atoms with van der Waals surface area (Å²) < 4.78 is 25.9. The number of carbonyl (C=O) groups excluding carboxylic acids is 1. The molecule has 0 spiro atoms. The summed E-state index contributed by atoms with van der Waals surface area (Å²) in [6, 6.07) is 16.3. The van der Waals surface area contributed by atoms with Crippen LogP contribution < -0.4 is 4.72 Å². The van der Waals surface area contributed by atoms with Crippen LogP contribution in [-0.2, 0) is 16.4 Å². The molecule has 2 aromatic carbocycles. The standard InChI is InChI=1S/C17H19NO3S/c1-13(19)16-10-6-7-14(11-16)12-17(18-22(2,20)21)15-8-4-3-5-9-15/h3-11,17-18H,12H2,1-2H3. The summed E-state index contributed by atoms with van der Waals surface area (Å²) in [4.78, 5) is 11.5. The van der Waals surface area contributed by atoms with Gasteiger partial charge in [0.25, 0.3) is 0 Å². The second-order valence-corrected chi connectivity index (χ2v) is 7.09. The molecule has 5 heteroatoms. The van der Waals surface area contributed by atoms with Crippen LogP contribution in [0.5, 0.6) is 0 Å². The van der Waals surface area contributed by atoms with Gasteiger partial charge in [-0.05, 0) is 30.5 Å². The number of hydrogen-bond donors (Lipinski definition) is 1. The molecule has 0 fully saturated rings. The third-order valence-corrected chi connectivity index (χ3v) is 4.04. The molecule has 0 heterocycles. The largest absolute Gasteiger partial charge is 0.295 e. The molecule has 1 unspecified atom stereocenters. The van der Waals surface area contributed by atoms with Crippen LogP contribution in [0.4, 0.5) is 0 Å². The smallest absolute Gasteiger partial charge is 0.209 e. The number of benzene rings is 2. The first-order valence-corrected chi connectivity index (χ1v) is 8.86. The maximum atomic E-state index is 11.6. The Hall–Kier alpha value is -1.98. The predicted octanol–water partition coefficient (Wildman–Crippen LogP) is 2.72. The minimum absolute atomic E-state index is 0.00539. The van der Waals surface area contributed by atoms with E-state index in [1.54, 1.807) is 6.07 Å². The lowest BCUT2D eigenvalue weighted by atomic mass is 9.98. The molecule has 1 N–H and O–H groups in total. The lowest BCUT2D eigenvalue weighted by Gasteiger charge is -2.18. The lowest BCUT2D eigenvalue weighted by molar-refractivity contribution is 0.101. The van der Waals surface area contributed by atoms with Crippen molar-refractivity contribution < 1.29 is 13.2 Å². The minimum atomic E-state index is -3.33. The van der Waals surface area contributed by atoms with E-state index in [4.69, 9.17) is 0 Å². The molecule has 0 amide bonds. The summed E-state index contributed by atoms with van der Waals surface area (Å²) in [5, 5.41) is 0. The third kappa shape index (κ3) is 4.79. The van der Waals surface area contributed by atoms with Gasteiger partial charge in [-0.25, -0.2) is 13.1 Å². The fourth-order valence-electron chi connectivity index (χ4n) is 2.32. The van der Waals surface area contributed by atoms with Crippen LogP contribution in [0.15, 0.2) is 54.6 Å². The molecule has 2 rings (SSSR count). The number of carbonyl (C=O) groups is 1. The van der Waals surface area contributed by atoms with Gasteiger partial charge in [0, 0.05) is 5.56 Å². The van der Waals surface area contributed by atoms with E-state index in [0.717, 1.165) is 17.4 Å². The molecule has 0 radical (unpaired) electrons. The van der Waals surface area contributed by atoms with E-state index in [9.17, 15) is 13.2 Å². The van der Waals surface area contributed by atoms with E-state index >= 15 is 0 Å². The fraction of sp³-hybridized carbons (Fsp3) is 0.235. The molecular formula is C17H19NO3S. The van der Waals surface area contributed by atoms with Crippen LogP contribution in [0.3, 0.4) is 0 Å². The number of Topliss-reactive ketones (excluding diaryl/α,β-unsaturated/α-hetero) is 1. The molecule has 0 saturated carbocycles.